The molecule has 2 heterocycles. The number of pyridine rings is 1. The van der Waals surface area contributed by atoms with Gasteiger partial charge in [0.2, 0.25) is 0 Å². The lowest BCUT2D eigenvalue weighted by Gasteiger charge is -2.40. The van der Waals surface area contributed by atoms with Gasteiger partial charge in [0.25, 0.3) is 0 Å². The maximum absolute atomic E-state index is 15.5. The lowest BCUT2D eigenvalue weighted by molar-refractivity contribution is -0.146. The van der Waals surface area contributed by atoms with Gasteiger partial charge < -0.3 is 14.4 Å². The van der Waals surface area contributed by atoms with Gasteiger partial charge in [0.1, 0.15) is 11.5 Å². The van der Waals surface area contributed by atoms with Crippen LogP contribution in [0.5, 0.6) is 5.75 Å². The van der Waals surface area contributed by atoms with Gasteiger partial charge in [0, 0.05) is 43.3 Å². The highest BCUT2D eigenvalue weighted by molar-refractivity contribution is 6.03. The number of hydrogen-bond donors (Lipinski definition) is 0. The minimum atomic E-state index is -0.576. The van der Waals surface area contributed by atoms with E-state index in [1.54, 1.807) is 45.0 Å². The third kappa shape index (κ3) is 7.52. The molecule has 1 aromatic heterocycles. The van der Waals surface area contributed by atoms with Crippen molar-refractivity contribution in [2.75, 3.05) is 24.6 Å². The fourth-order valence-electron chi connectivity index (χ4n) is 5.30. The number of hydrogen-bond acceptors (Lipinski definition) is 6. The number of ether oxygens (including phenoxy) is 2. The third-order valence-corrected chi connectivity index (χ3v) is 7.71. The van der Waals surface area contributed by atoms with Crippen LogP contribution in [0.4, 0.5) is 14.5 Å². The van der Waals surface area contributed by atoms with Crippen LogP contribution < -0.4 is 9.64 Å². The minimum absolute atomic E-state index is 0.00944. The normalized spacial score (nSPS) is 14.6. The number of piperidine rings is 1. The highest BCUT2D eigenvalue weighted by Crippen LogP contribution is 2.42. The Hall–Kier alpha value is -3.81. The Morgan fingerprint density at radius 3 is 2.31 bits per heavy atom. The number of Topliss-reactive ketones (excluding diaryl/α,β-unsaturated/α-hetero) is 1. The molecule has 0 spiro atoms. The topological polar surface area (TPSA) is 68.7 Å². The van der Waals surface area contributed by atoms with Crippen LogP contribution in [0.2, 0.25) is 0 Å². The number of halogens is 2. The van der Waals surface area contributed by atoms with Gasteiger partial charge in [-0.25, -0.2) is 13.8 Å². The Morgan fingerprint density at radius 1 is 1.05 bits per heavy atom. The van der Waals surface area contributed by atoms with E-state index in [1.807, 2.05) is 0 Å². The summed E-state index contributed by atoms with van der Waals surface area (Å²) in [6.45, 7) is 13.0. The van der Waals surface area contributed by atoms with Crippen molar-refractivity contribution in [2.24, 2.45) is 5.41 Å². The minimum Gasteiger partial charge on any atom is -0.490 e. The summed E-state index contributed by atoms with van der Waals surface area (Å²) >= 11 is 0. The quantitative estimate of drug-likeness (QED) is 0.186. The summed E-state index contributed by atoms with van der Waals surface area (Å²) in [4.78, 5) is 32.7. The summed E-state index contributed by atoms with van der Waals surface area (Å²) < 4.78 is 39.9. The van der Waals surface area contributed by atoms with Crippen molar-refractivity contribution in [3.8, 4) is 16.9 Å². The Bertz CT molecular complexity index is 1440. The first-order chi connectivity index (χ1) is 19.8. The average Bonchev–Trinajstić information content (AvgIpc) is 2.91. The van der Waals surface area contributed by atoms with Crippen LogP contribution in [-0.2, 0) is 22.4 Å². The number of rotatable bonds is 10. The molecule has 6 nitrogen and oxygen atoms in total. The van der Waals surface area contributed by atoms with Crippen LogP contribution in [0.25, 0.3) is 11.1 Å². The fourth-order valence-corrected chi connectivity index (χ4v) is 5.30. The zero-order valence-corrected chi connectivity index (χ0v) is 25.4. The van der Waals surface area contributed by atoms with Gasteiger partial charge in [-0.1, -0.05) is 32.0 Å². The van der Waals surface area contributed by atoms with E-state index in [0.717, 1.165) is 37.2 Å². The number of carbonyl (C=O) groups is 2. The zero-order valence-electron chi connectivity index (χ0n) is 25.4. The van der Waals surface area contributed by atoms with Crippen molar-refractivity contribution in [2.45, 2.75) is 73.3 Å². The Balaban J connectivity index is 1.75. The summed E-state index contributed by atoms with van der Waals surface area (Å²) in [5.74, 6) is -1.45. The lowest BCUT2D eigenvalue weighted by atomic mass is 9.82. The van der Waals surface area contributed by atoms with E-state index in [1.165, 1.54) is 25.1 Å². The van der Waals surface area contributed by atoms with Gasteiger partial charge in [0.15, 0.2) is 17.3 Å². The third-order valence-electron chi connectivity index (χ3n) is 7.71. The van der Waals surface area contributed by atoms with Crippen molar-refractivity contribution in [1.29, 1.82) is 0 Å². The van der Waals surface area contributed by atoms with Crippen LogP contribution in [0.15, 0.2) is 42.5 Å². The molecular formula is C34H40F2N2O4. The molecule has 0 radical (unpaired) electrons. The van der Waals surface area contributed by atoms with E-state index < -0.39 is 5.82 Å². The van der Waals surface area contributed by atoms with Crippen molar-refractivity contribution in [1.82, 2.24) is 4.98 Å². The summed E-state index contributed by atoms with van der Waals surface area (Å²) in [6, 6.07) is 10.7. The monoisotopic (exact) mass is 578 g/mol. The lowest BCUT2D eigenvalue weighted by Crippen LogP contribution is -2.38. The number of nitrogens with zero attached hydrogens (tertiary/aromatic N) is 2. The molecule has 1 aliphatic heterocycles. The van der Waals surface area contributed by atoms with E-state index in [0.29, 0.717) is 28.8 Å². The number of ketones is 1. The number of carbonyl (C=O) groups excluding carboxylic acids is 2. The number of aryl methyl sites for hydroxylation is 1. The van der Waals surface area contributed by atoms with E-state index in [2.05, 4.69) is 23.7 Å². The van der Waals surface area contributed by atoms with Gasteiger partial charge in [-0.2, -0.15) is 0 Å². The van der Waals surface area contributed by atoms with E-state index in [-0.39, 0.29) is 53.6 Å². The highest BCUT2D eigenvalue weighted by atomic mass is 19.1. The first kappa shape index (κ1) is 31.1. The van der Waals surface area contributed by atoms with Gasteiger partial charge in [0.05, 0.1) is 24.8 Å². The van der Waals surface area contributed by atoms with Crippen LogP contribution in [0.3, 0.4) is 0 Å². The molecule has 3 aromatic rings. The van der Waals surface area contributed by atoms with Gasteiger partial charge in [-0.3, -0.25) is 9.59 Å². The summed E-state index contributed by atoms with van der Waals surface area (Å²) in [5.41, 5.74) is 4.25. The Labute approximate surface area is 247 Å². The zero-order chi connectivity index (χ0) is 30.6. The molecule has 0 aliphatic carbocycles. The molecule has 0 unspecified atom stereocenters. The molecule has 0 saturated carbocycles. The Kier molecular flexibility index (Phi) is 9.64. The second-order valence-corrected chi connectivity index (χ2v) is 12.0. The van der Waals surface area contributed by atoms with Crippen molar-refractivity contribution in [3.05, 3.63) is 76.6 Å². The first-order valence-electron chi connectivity index (χ1n) is 14.5. The smallest absolute Gasteiger partial charge is 0.310 e. The molecule has 0 amide bonds. The van der Waals surface area contributed by atoms with E-state index in [9.17, 15) is 14.0 Å². The van der Waals surface area contributed by atoms with E-state index in [4.69, 9.17) is 9.47 Å². The molecule has 8 heteroatoms. The standard InChI is InChI=1S/C34H40F2N2O4/c1-21(2)42-30(40)20-27-22(3)37-32(23(4)39)31(33(27)38-16-14-34(5,6)15-17-38)25-9-12-29(28(36)19-25)41-18-13-24-7-10-26(35)11-8-24/h7-12,19,21H,13-18,20H2,1-6H3. The molecule has 4 rings (SSSR count). The predicted molar refractivity (Wildman–Crippen MR) is 160 cm³/mol. The number of esters is 1. The summed E-state index contributed by atoms with van der Waals surface area (Å²) in [7, 11) is 0. The molecule has 2 aromatic carbocycles. The molecular weight excluding hydrogens is 538 g/mol. The Morgan fingerprint density at radius 2 is 1.71 bits per heavy atom. The van der Waals surface area contributed by atoms with Crippen LogP contribution in [0, 0.1) is 24.0 Å². The number of anilines is 1. The molecule has 0 atom stereocenters. The van der Waals surface area contributed by atoms with Crippen molar-refractivity contribution >= 4 is 17.4 Å². The molecule has 0 N–H and O–H groups in total. The molecule has 1 aliphatic rings. The molecule has 1 saturated heterocycles. The molecule has 0 bridgehead atoms. The largest absolute Gasteiger partial charge is 0.490 e. The van der Waals surface area contributed by atoms with Crippen LogP contribution >= 0.6 is 0 Å². The predicted octanol–water partition coefficient (Wildman–Crippen LogP) is 7.28. The SMILES string of the molecule is CC(=O)c1nc(C)c(CC(=O)OC(C)C)c(N2CCC(C)(C)CC2)c1-c1ccc(OCCc2ccc(F)cc2)c(F)c1. The summed E-state index contributed by atoms with van der Waals surface area (Å²) in [5, 5.41) is 0. The molecule has 42 heavy (non-hydrogen) atoms. The van der Waals surface area contributed by atoms with Crippen molar-refractivity contribution < 1.29 is 27.8 Å². The molecule has 1 fully saturated rings. The second kappa shape index (κ2) is 13.0. The van der Waals surface area contributed by atoms with Crippen LogP contribution in [0.1, 0.15) is 74.8 Å². The first-order valence-corrected chi connectivity index (χ1v) is 14.5. The summed E-state index contributed by atoms with van der Waals surface area (Å²) in [6.07, 6.45) is 2.06. The van der Waals surface area contributed by atoms with Gasteiger partial charge in [-0.05, 0) is 74.4 Å². The maximum Gasteiger partial charge on any atom is 0.310 e. The maximum atomic E-state index is 15.5. The number of aromatic nitrogens is 1. The van der Waals surface area contributed by atoms with Gasteiger partial charge in [-0.15, -0.1) is 0 Å². The van der Waals surface area contributed by atoms with E-state index >= 15 is 4.39 Å². The fraction of sp³-hybridized carbons (Fsp3) is 0.441. The second-order valence-electron chi connectivity index (χ2n) is 12.0. The van der Waals surface area contributed by atoms with Crippen LogP contribution in [-0.4, -0.2) is 42.5 Å². The highest BCUT2D eigenvalue weighted by Gasteiger charge is 2.32. The number of benzene rings is 2. The average molecular weight is 579 g/mol. The molecule has 224 valence electrons. The van der Waals surface area contributed by atoms with Gasteiger partial charge >= 0.3 is 5.97 Å². The van der Waals surface area contributed by atoms with Crippen molar-refractivity contribution in [3.63, 3.8) is 0 Å².